The van der Waals surface area contributed by atoms with Crippen LogP contribution in [0.5, 0.6) is 0 Å². The minimum Gasteiger partial charge on any atom is -0.340 e. The van der Waals surface area contributed by atoms with E-state index in [9.17, 15) is 4.79 Å². The van der Waals surface area contributed by atoms with Gasteiger partial charge < -0.3 is 15.4 Å². The number of carbonyl (C=O) groups excluding carboxylic acids is 1. The Morgan fingerprint density at radius 1 is 1.67 bits per heavy atom. The molecule has 0 aliphatic rings. The summed E-state index contributed by atoms with van der Waals surface area (Å²) in [5.74, 6) is 4.41. The predicted octanol–water partition coefficient (Wildman–Crippen LogP) is -1.52. The lowest BCUT2D eigenvalue weighted by molar-refractivity contribution is 0.0171. The van der Waals surface area contributed by atoms with Gasteiger partial charge >= 0.3 is 6.16 Å². The molecule has 0 radical (unpaired) electrons. The number of nitrogens with two attached hydrogens (primary N) is 2. The Morgan fingerprint density at radius 2 is 2.33 bits per heavy atom. The maximum absolute atomic E-state index is 10.0. The van der Waals surface area contributed by atoms with Gasteiger partial charge in [-0.1, -0.05) is 0 Å². The minimum absolute atomic E-state index is 0.370. The van der Waals surface area contributed by atoms with E-state index in [4.69, 9.17) is 5.73 Å². The van der Waals surface area contributed by atoms with Crippen LogP contribution in [0.4, 0.5) is 4.79 Å². The van der Waals surface area contributed by atoms with Crippen molar-refractivity contribution in [2.24, 2.45) is 11.6 Å². The molecule has 5 N–H and O–H groups in total. The molecule has 9 heavy (non-hydrogen) atoms. The molecule has 0 rings (SSSR count). The van der Waals surface area contributed by atoms with Gasteiger partial charge in [0.2, 0.25) is 0 Å². The average Bonchev–Trinajstić information content (AvgIpc) is 1.89. The van der Waals surface area contributed by atoms with Crippen molar-refractivity contribution in [1.82, 2.24) is 5.48 Å². The Labute approximate surface area is 52.0 Å². The van der Waals surface area contributed by atoms with Crippen molar-refractivity contribution < 1.29 is 14.5 Å². The van der Waals surface area contributed by atoms with Crippen LogP contribution < -0.4 is 17.1 Å². The van der Waals surface area contributed by atoms with Gasteiger partial charge in [-0.25, -0.2) is 0 Å². The molecule has 0 saturated heterocycles. The highest BCUT2D eigenvalue weighted by molar-refractivity contribution is 5.58. The molecular formula is C3H9N3O3. The van der Waals surface area contributed by atoms with E-state index in [1.54, 1.807) is 0 Å². The fourth-order valence-corrected chi connectivity index (χ4v) is 0.193. The first-order chi connectivity index (χ1) is 4.31. The first-order valence-electron chi connectivity index (χ1n) is 2.31. The predicted molar refractivity (Wildman–Crippen MR) is 28.8 cm³/mol. The molecule has 0 aromatic carbocycles. The summed E-state index contributed by atoms with van der Waals surface area (Å²) in [6.07, 6.45) is -0.983. The Hall–Kier alpha value is -0.850. The van der Waals surface area contributed by atoms with Crippen LogP contribution in [0.15, 0.2) is 0 Å². The van der Waals surface area contributed by atoms with E-state index in [1.165, 1.54) is 0 Å². The van der Waals surface area contributed by atoms with E-state index in [1.807, 2.05) is 0 Å². The minimum atomic E-state index is -0.983. The lowest BCUT2D eigenvalue weighted by atomic mass is 10.7. The monoisotopic (exact) mass is 135 g/mol. The van der Waals surface area contributed by atoms with Crippen LogP contribution in [0.1, 0.15) is 0 Å². The molecule has 0 aromatic rings. The molecule has 0 unspecified atom stereocenters. The summed E-state index contributed by atoms with van der Waals surface area (Å²) in [7, 11) is 0. The standard InChI is InChI=1S/C3H9N3O3/c4-1-2-6-9-3(7)8-5/h6H,1-2,4-5H2. The topological polar surface area (TPSA) is 99.6 Å². The van der Waals surface area contributed by atoms with Crippen LogP contribution in [0.25, 0.3) is 0 Å². The van der Waals surface area contributed by atoms with Crippen molar-refractivity contribution in [3.63, 3.8) is 0 Å². The molecule has 0 bridgehead atoms. The first-order valence-corrected chi connectivity index (χ1v) is 2.31. The van der Waals surface area contributed by atoms with Gasteiger partial charge in [0, 0.05) is 13.1 Å². The highest BCUT2D eigenvalue weighted by atomic mass is 16.8. The zero-order valence-corrected chi connectivity index (χ0v) is 4.79. The fraction of sp³-hybridized carbons (Fsp3) is 0.667. The Bertz CT molecular complexity index is 86.4. The normalized spacial score (nSPS) is 8.67. The second-order valence-electron chi connectivity index (χ2n) is 1.15. The van der Waals surface area contributed by atoms with Gasteiger partial charge in [-0.3, -0.25) is 0 Å². The zero-order valence-electron chi connectivity index (χ0n) is 4.79. The number of rotatable bonds is 3. The summed E-state index contributed by atoms with van der Waals surface area (Å²) in [4.78, 5) is 17.8. The summed E-state index contributed by atoms with van der Waals surface area (Å²) in [5.41, 5.74) is 7.24. The van der Waals surface area contributed by atoms with Crippen molar-refractivity contribution in [2.45, 2.75) is 0 Å². The Balaban J connectivity index is 2.97. The van der Waals surface area contributed by atoms with Crippen LogP contribution >= 0.6 is 0 Å². The van der Waals surface area contributed by atoms with Crippen LogP contribution in [-0.2, 0) is 9.68 Å². The molecule has 6 heteroatoms. The third-order valence-electron chi connectivity index (χ3n) is 0.498. The van der Waals surface area contributed by atoms with E-state index in [-0.39, 0.29) is 0 Å². The molecule has 0 aliphatic carbocycles. The number of hydrogen-bond donors (Lipinski definition) is 3. The molecule has 0 spiro atoms. The second kappa shape index (κ2) is 5.29. The highest BCUT2D eigenvalue weighted by Crippen LogP contribution is 1.71. The first kappa shape index (κ1) is 8.15. The van der Waals surface area contributed by atoms with Crippen molar-refractivity contribution in [1.29, 1.82) is 0 Å². The Kier molecular flexibility index (Phi) is 4.79. The summed E-state index contributed by atoms with van der Waals surface area (Å²) in [6.45, 7) is 0.743. The third kappa shape index (κ3) is 5.01. The lowest BCUT2D eigenvalue weighted by Gasteiger charge is -1.99. The highest BCUT2D eigenvalue weighted by Gasteiger charge is 1.97. The van der Waals surface area contributed by atoms with E-state index in [0.29, 0.717) is 13.1 Å². The van der Waals surface area contributed by atoms with Crippen LogP contribution in [0, 0.1) is 0 Å². The quantitative estimate of drug-likeness (QED) is 0.321. The molecule has 0 aromatic heterocycles. The average molecular weight is 135 g/mol. The van der Waals surface area contributed by atoms with Gasteiger partial charge in [-0.15, -0.1) is 5.48 Å². The molecule has 0 heterocycles. The van der Waals surface area contributed by atoms with Gasteiger partial charge in [-0.2, -0.15) is 10.7 Å². The maximum atomic E-state index is 10.0. The number of hydrogen-bond acceptors (Lipinski definition) is 6. The summed E-state index contributed by atoms with van der Waals surface area (Å²) < 4.78 is 0. The van der Waals surface area contributed by atoms with Crippen molar-refractivity contribution in [2.75, 3.05) is 13.1 Å². The number of hydroxylamine groups is 1. The van der Waals surface area contributed by atoms with Crippen molar-refractivity contribution >= 4 is 6.16 Å². The molecule has 0 aliphatic heterocycles. The molecule has 0 saturated carbocycles. The van der Waals surface area contributed by atoms with Crippen molar-refractivity contribution in [3.05, 3.63) is 0 Å². The summed E-state index contributed by atoms with van der Waals surface area (Å²) in [5, 5.41) is 0. The van der Waals surface area contributed by atoms with Gasteiger partial charge in [0.1, 0.15) is 0 Å². The van der Waals surface area contributed by atoms with Crippen LogP contribution in [0.3, 0.4) is 0 Å². The third-order valence-corrected chi connectivity index (χ3v) is 0.498. The molecule has 0 amide bonds. The molecule has 6 nitrogen and oxygen atoms in total. The lowest BCUT2D eigenvalue weighted by Crippen LogP contribution is -2.27. The maximum Gasteiger partial charge on any atom is 0.547 e. The molecular weight excluding hydrogens is 126 g/mol. The van der Waals surface area contributed by atoms with Gasteiger partial charge in [0.25, 0.3) is 0 Å². The second-order valence-corrected chi connectivity index (χ2v) is 1.15. The smallest absolute Gasteiger partial charge is 0.340 e. The summed E-state index contributed by atoms with van der Waals surface area (Å²) in [6, 6.07) is 0. The summed E-state index contributed by atoms with van der Waals surface area (Å²) >= 11 is 0. The SMILES string of the molecule is NCCNOC(=O)ON. The zero-order chi connectivity index (χ0) is 7.11. The molecule has 0 fully saturated rings. The number of carbonyl (C=O) groups is 1. The van der Waals surface area contributed by atoms with Gasteiger partial charge in [0.15, 0.2) is 0 Å². The van der Waals surface area contributed by atoms with Crippen molar-refractivity contribution in [3.8, 4) is 0 Å². The van der Waals surface area contributed by atoms with E-state index >= 15 is 0 Å². The van der Waals surface area contributed by atoms with E-state index in [0.717, 1.165) is 0 Å². The van der Waals surface area contributed by atoms with Gasteiger partial charge in [-0.05, 0) is 0 Å². The fourth-order valence-electron chi connectivity index (χ4n) is 0.193. The van der Waals surface area contributed by atoms with E-state index in [2.05, 4.69) is 21.1 Å². The number of nitrogens with one attached hydrogen (secondary N) is 1. The van der Waals surface area contributed by atoms with E-state index < -0.39 is 6.16 Å². The molecule has 54 valence electrons. The Morgan fingerprint density at radius 3 is 2.78 bits per heavy atom. The van der Waals surface area contributed by atoms with Crippen LogP contribution in [0.2, 0.25) is 0 Å². The largest absolute Gasteiger partial charge is 0.547 e. The molecule has 0 atom stereocenters. The van der Waals surface area contributed by atoms with Crippen LogP contribution in [-0.4, -0.2) is 19.2 Å². The van der Waals surface area contributed by atoms with Gasteiger partial charge in [0.05, 0.1) is 0 Å².